The molecule has 0 radical (unpaired) electrons. The Morgan fingerprint density at radius 2 is 1.69 bits per heavy atom. The van der Waals surface area contributed by atoms with Gasteiger partial charge in [0.15, 0.2) is 10.8 Å². The zero-order chi connectivity index (χ0) is 23.9. The van der Waals surface area contributed by atoms with Gasteiger partial charge in [-0.25, -0.2) is 14.4 Å². The number of H-pyrrole nitrogens is 1. The normalized spacial score (nSPS) is 17.1. The molecule has 2 saturated heterocycles. The van der Waals surface area contributed by atoms with E-state index in [1.54, 1.807) is 23.2 Å². The van der Waals surface area contributed by atoms with Crippen molar-refractivity contribution in [1.29, 1.82) is 0 Å². The number of carbonyl (C=O) groups is 2. The Labute approximate surface area is 205 Å². The lowest BCUT2D eigenvalue weighted by Crippen LogP contribution is -2.64. The van der Waals surface area contributed by atoms with E-state index in [0.29, 0.717) is 43.1 Å². The number of nitrogens with zero attached hydrogens (tertiary/aromatic N) is 5. The van der Waals surface area contributed by atoms with Gasteiger partial charge in [0.1, 0.15) is 5.82 Å². The highest BCUT2D eigenvalue weighted by Gasteiger charge is 2.38. The van der Waals surface area contributed by atoms with Crippen molar-refractivity contribution in [3.63, 3.8) is 0 Å². The summed E-state index contributed by atoms with van der Waals surface area (Å²) < 4.78 is 13.2. The van der Waals surface area contributed by atoms with Crippen LogP contribution in [0.1, 0.15) is 20.4 Å². The summed E-state index contributed by atoms with van der Waals surface area (Å²) in [5.41, 5.74) is 3.32. The van der Waals surface area contributed by atoms with E-state index in [2.05, 4.69) is 19.9 Å². The van der Waals surface area contributed by atoms with Crippen molar-refractivity contribution in [2.75, 3.05) is 39.3 Å². The number of nitrogens with one attached hydrogen (secondary N) is 1. The maximum atomic E-state index is 13.2. The van der Waals surface area contributed by atoms with E-state index >= 15 is 0 Å². The first kappa shape index (κ1) is 21.9. The molecule has 0 bridgehead atoms. The molecule has 2 fully saturated rings. The van der Waals surface area contributed by atoms with Gasteiger partial charge in [-0.3, -0.25) is 14.5 Å². The Morgan fingerprint density at radius 3 is 2.40 bits per heavy atom. The Bertz CT molecular complexity index is 1370. The van der Waals surface area contributed by atoms with E-state index in [0.717, 1.165) is 35.2 Å². The minimum atomic E-state index is -0.275. The number of imidazole rings is 1. The van der Waals surface area contributed by atoms with Crippen LogP contribution in [0.15, 0.2) is 54.0 Å². The standard InChI is InChI=1S/C25H23FN6O2S/c26-18-4-1-16(2-5-18)17-3-6-20-21(13-17)29-22(28-20)24(33)32-14-19(15-32)30-8-10-31(11-9-30)25(34)23-27-7-12-35-23/h1-7,12-13,19H,8-11,14-15H2,(H,28,29). The average molecular weight is 491 g/mol. The number of rotatable bonds is 4. The molecule has 0 atom stereocenters. The predicted molar refractivity (Wildman–Crippen MR) is 131 cm³/mol. The van der Waals surface area contributed by atoms with Gasteiger partial charge in [0, 0.05) is 56.9 Å². The van der Waals surface area contributed by atoms with Gasteiger partial charge in [0.05, 0.1) is 11.0 Å². The second kappa shape index (κ2) is 8.86. The van der Waals surface area contributed by atoms with Gasteiger partial charge in [-0.2, -0.15) is 0 Å². The number of likely N-dealkylation sites (tertiary alicyclic amines) is 1. The van der Waals surface area contributed by atoms with Gasteiger partial charge < -0.3 is 14.8 Å². The Kier molecular flexibility index (Phi) is 5.54. The van der Waals surface area contributed by atoms with E-state index in [1.807, 2.05) is 28.5 Å². The van der Waals surface area contributed by atoms with Crippen LogP contribution < -0.4 is 0 Å². The Morgan fingerprint density at radius 1 is 0.943 bits per heavy atom. The van der Waals surface area contributed by atoms with Crippen molar-refractivity contribution in [3.8, 4) is 11.1 Å². The molecule has 2 aromatic carbocycles. The van der Waals surface area contributed by atoms with Crippen molar-refractivity contribution in [1.82, 2.24) is 29.7 Å². The van der Waals surface area contributed by atoms with E-state index in [-0.39, 0.29) is 17.6 Å². The molecule has 178 valence electrons. The largest absolute Gasteiger partial charge is 0.334 e. The minimum Gasteiger partial charge on any atom is -0.334 e. The molecule has 2 aromatic heterocycles. The van der Waals surface area contributed by atoms with Crippen LogP contribution in [-0.4, -0.2) is 86.8 Å². The molecule has 2 amide bonds. The smallest absolute Gasteiger partial charge is 0.289 e. The number of thiazole rings is 1. The first-order chi connectivity index (χ1) is 17.0. The fourth-order valence-corrected chi connectivity index (χ4v) is 5.29. The highest BCUT2D eigenvalue weighted by molar-refractivity contribution is 7.11. The van der Waals surface area contributed by atoms with Crippen LogP contribution in [0.2, 0.25) is 0 Å². The summed E-state index contributed by atoms with van der Waals surface area (Å²) in [6, 6.07) is 12.3. The fourth-order valence-electron chi connectivity index (χ4n) is 4.69. The molecule has 8 nitrogen and oxygen atoms in total. The number of halogens is 1. The number of hydrogen-bond donors (Lipinski definition) is 1. The van der Waals surface area contributed by atoms with Gasteiger partial charge in [0.2, 0.25) is 0 Å². The SMILES string of the molecule is O=C(c1nc2ccc(-c3ccc(F)cc3)cc2[nH]1)N1CC(N2CCN(C(=O)c3nccs3)CC2)C1. The van der Waals surface area contributed by atoms with Gasteiger partial charge in [-0.15, -0.1) is 11.3 Å². The van der Waals surface area contributed by atoms with E-state index in [4.69, 9.17) is 0 Å². The Balaban J connectivity index is 1.06. The summed E-state index contributed by atoms with van der Waals surface area (Å²) in [5, 5.41) is 2.35. The summed E-state index contributed by atoms with van der Waals surface area (Å²) in [6.07, 6.45) is 1.65. The molecule has 0 saturated carbocycles. The second-order valence-corrected chi connectivity index (χ2v) is 9.75. The first-order valence-electron chi connectivity index (χ1n) is 11.5. The fraction of sp³-hybridized carbons (Fsp3) is 0.280. The zero-order valence-electron chi connectivity index (χ0n) is 18.9. The van der Waals surface area contributed by atoms with Crippen LogP contribution in [0, 0.1) is 5.82 Å². The molecule has 6 rings (SSSR count). The number of hydrogen-bond acceptors (Lipinski definition) is 6. The minimum absolute atomic E-state index is 0.00228. The van der Waals surface area contributed by atoms with Crippen LogP contribution in [0.25, 0.3) is 22.2 Å². The third kappa shape index (κ3) is 4.19. The van der Waals surface area contributed by atoms with Gasteiger partial charge in [-0.1, -0.05) is 18.2 Å². The molecule has 10 heteroatoms. The lowest BCUT2D eigenvalue weighted by Gasteiger charge is -2.47. The van der Waals surface area contributed by atoms with E-state index in [1.165, 1.54) is 23.5 Å². The molecular formula is C25H23FN6O2S. The molecule has 35 heavy (non-hydrogen) atoms. The maximum Gasteiger partial charge on any atom is 0.289 e. The van der Waals surface area contributed by atoms with Crippen LogP contribution in [0.5, 0.6) is 0 Å². The van der Waals surface area contributed by atoms with Crippen molar-refractivity contribution in [3.05, 3.63) is 70.7 Å². The van der Waals surface area contributed by atoms with Crippen molar-refractivity contribution in [2.24, 2.45) is 0 Å². The third-order valence-electron chi connectivity index (χ3n) is 6.74. The second-order valence-electron chi connectivity index (χ2n) is 8.85. The summed E-state index contributed by atoms with van der Waals surface area (Å²) in [7, 11) is 0. The number of benzene rings is 2. The summed E-state index contributed by atoms with van der Waals surface area (Å²) in [4.78, 5) is 43.2. The first-order valence-corrected chi connectivity index (χ1v) is 12.4. The third-order valence-corrected chi connectivity index (χ3v) is 7.51. The number of aromatic nitrogens is 3. The highest BCUT2D eigenvalue weighted by Crippen LogP contribution is 2.25. The maximum absolute atomic E-state index is 13.2. The van der Waals surface area contributed by atoms with Gasteiger partial charge in [-0.05, 0) is 35.4 Å². The average Bonchev–Trinajstić information content (AvgIpc) is 3.53. The highest BCUT2D eigenvalue weighted by atomic mass is 32.1. The van der Waals surface area contributed by atoms with Crippen LogP contribution in [0.4, 0.5) is 4.39 Å². The van der Waals surface area contributed by atoms with E-state index < -0.39 is 0 Å². The Hall–Kier alpha value is -3.63. The molecule has 2 aliphatic rings. The van der Waals surface area contributed by atoms with Crippen molar-refractivity contribution >= 4 is 34.2 Å². The molecule has 2 aliphatic heterocycles. The van der Waals surface area contributed by atoms with Gasteiger partial charge >= 0.3 is 0 Å². The molecular weight excluding hydrogens is 467 g/mol. The lowest BCUT2D eigenvalue weighted by atomic mass is 10.1. The molecule has 4 heterocycles. The van der Waals surface area contributed by atoms with Crippen molar-refractivity contribution in [2.45, 2.75) is 6.04 Å². The van der Waals surface area contributed by atoms with Crippen molar-refractivity contribution < 1.29 is 14.0 Å². The van der Waals surface area contributed by atoms with Crippen LogP contribution in [0.3, 0.4) is 0 Å². The number of fused-ring (bicyclic) bond motifs is 1. The quantitative estimate of drug-likeness (QED) is 0.475. The summed E-state index contributed by atoms with van der Waals surface area (Å²) >= 11 is 1.37. The number of amides is 2. The number of aromatic amines is 1. The van der Waals surface area contributed by atoms with Crippen LogP contribution >= 0.6 is 11.3 Å². The summed E-state index contributed by atoms with van der Waals surface area (Å²) in [6.45, 7) is 4.22. The van der Waals surface area contributed by atoms with Gasteiger partial charge in [0.25, 0.3) is 11.8 Å². The monoisotopic (exact) mass is 490 g/mol. The molecule has 1 N–H and O–H groups in total. The summed E-state index contributed by atoms with van der Waals surface area (Å²) in [5.74, 6) is -0.0624. The van der Waals surface area contributed by atoms with Crippen LogP contribution in [-0.2, 0) is 0 Å². The molecule has 0 unspecified atom stereocenters. The topological polar surface area (TPSA) is 85.4 Å². The molecule has 4 aromatic rings. The number of piperazine rings is 1. The van der Waals surface area contributed by atoms with E-state index in [9.17, 15) is 14.0 Å². The number of carbonyl (C=O) groups excluding carboxylic acids is 2. The molecule has 0 aliphatic carbocycles. The predicted octanol–water partition coefficient (Wildman–Crippen LogP) is 3.11. The lowest BCUT2D eigenvalue weighted by molar-refractivity contribution is 0.00797. The zero-order valence-corrected chi connectivity index (χ0v) is 19.7. The molecule has 0 spiro atoms.